The molecule has 0 bridgehead atoms. The van der Waals surface area contributed by atoms with E-state index < -0.39 is 0 Å². The van der Waals surface area contributed by atoms with Crippen LogP contribution in [-0.2, 0) is 12.3 Å². The predicted molar refractivity (Wildman–Crippen MR) is 87.7 cm³/mol. The quantitative estimate of drug-likeness (QED) is 0.735. The van der Waals surface area contributed by atoms with Crippen molar-refractivity contribution in [3.05, 3.63) is 71.3 Å². The molecule has 0 radical (unpaired) electrons. The molecule has 0 spiro atoms. The van der Waals surface area contributed by atoms with Gasteiger partial charge < -0.3 is 4.90 Å². The summed E-state index contributed by atoms with van der Waals surface area (Å²) < 4.78 is 0. The van der Waals surface area contributed by atoms with E-state index in [9.17, 15) is 4.79 Å². The number of carbonyl (C=O) groups is 1. The van der Waals surface area contributed by atoms with Crippen molar-refractivity contribution in [2.75, 3.05) is 13.1 Å². The molecule has 0 atom stereocenters. The third-order valence-corrected chi connectivity index (χ3v) is 3.85. The zero-order chi connectivity index (χ0) is 15.1. The van der Waals surface area contributed by atoms with E-state index in [1.165, 1.54) is 5.56 Å². The number of nitrogens with zero attached hydrogens (tertiary/aromatic N) is 1. The van der Waals surface area contributed by atoms with Gasteiger partial charge in [-0.3, -0.25) is 4.79 Å². The van der Waals surface area contributed by atoms with Gasteiger partial charge in [0.1, 0.15) is 0 Å². The molecule has 0 aliphatic carbocycles. The minimum Gasteiger partial charge on any atom is -0.339 e. The molecule has 2 nitrogen and oxygen atoms in total. The van der Waals surface area contributed by atoms with Gasteiger partial charge >= 0.3 is 0 Å². The van der Waals surface area contributed by atoms with Crippen molar-refractivity contribution in [1.82, 2.24) is 4.90 Å². The first-order valence-electron chi connectivity index (χ1n) is 7.22. The van der Waals surface area contributed by atoms with E-state index in [4.69, 9.17) is 11.6 Å². The maximum atomic E-state index is 12.5. The average molecular weight is 302 g/mol. The molecule has 0 N–H and O–H groups in total. The largest absolute Gasteiger partial charge is 0.339 e. The van der Waals surface area contributed by atoms with Crippen LogP contribution in [0.15, 0.2) is 54.6 Å². The van der Waals surface area contributed by atoms with Crippen LogP contribution < -0.4 is 0 Å². The third kappa shape index (κ3) is 4.33. The van der Waals surface area contributed by atoms with Crippen LogP contribution in [0.3, 0.4) is 0 Å². The zero-order valence-electron chi connectivity index (χ0n) is 12.3. The summed E-state index contributed by atoms with van der Waals surface area (Å²) in [6, 6.07) is 17.8. The van der Waals surface area contributed by atoms with Crippen LogP contribution in [-0.4, -0.2) is 23.9 Å². The van der Waals surface area contributed by atoms with E-state index >= 15 is 0 Å². The van der Waals surface area contributed by atoms with Crippen molar-refractivity contribution in [3.63, 3.8) is 0 Å². The highest BCUT2D eigenvalue weighted by molar-refractivity contribution is 6.17. The number of amides is 1. The maximum Gasteiger partial charge on any atom is 0.253 e. The van der Waals surface area contributed by atoms with Gasteiger partial charge in [-0.1, -0.05) is 42.5 Å². The van der Waals surface area contributed by atoms with Crippen LogP contribution in [0.5, 0.6) is 0 Å². The molecule has 110 valence electrons. The Hall–Kier alpha value is -1.80. The Morgan fingerprint density at radius 2 is 1.67 bits per heavy atom. The van der Waals surface area contributed by atoms with Crippen LogP contribution in [0.1, 0.15) is 28.4 Å². The van der Waals surface area contributed by atoms with Crippen molar-refractivity contribution >= 4 is 17.5 Å². The van der Waals surface area contributed by atoms with Crippen LogP contribution in [0.2, 0.25) is 0 Å². The lowest BCUT2D eigenvalue weighted by Gasteiger charge is -2.21. The topological polar surface area (TPSA) is 20.3 Å². The van der Waals surface area contributed by atoms with Gasteiger partial charge in [-0.15, -0.1) is 11.6 Å². The second-order valence-electron chi connectivity index (χ2n) is 4.95. The molecule has 0 fully saturated rings. The van der Waals surface area contributed by atoms with E-state index in [2.05, 4.69) is 12.1 Å². The minimum absolute atomic E-state index is 0.0783. The van der Waals surface area contributed by atoms with Crippen LogP contribution in [0.25, 0.3) is 0 Å². The lowest BCUT2D eigenvalue weighted by Crippen LogP contribution is -2.32. The van der Waals surface area contributed by atoms with E-state index in [0.29, 0.717) is 12.4 Å². The van der Waals surface area contributed by atoms with Gasteiger partial charge in [0.25, 0.3) is 5.91 Å². The van der Waals surface area contributed by atoms with Crippen molar-refractivity contribution in [2.24, 2.45) is 0 Å². The number of hydrogen-bond acceptors (Lipinski definition) is 1. The summed E-state index contributed by atoms with van der Waals surface area (Å²) in [4.78, 5) is 14.4. The highest BCUT2D eigenvalue weighted by Crippen LogP contribution is 2.10. The van der Waals surface area contributed by atoms with E-state index in [1.54, 1.807) is 0 Å². The number of rotatable bonds is 6. The molecule has 2 aromatic carbocycles. The second-order valence-corrected chi connectivity index (χ2v) is 5.22. The molecule has 2 aromatic rings. The van der Waals surface area contributed by atoms with Crippen molar-refractivity contribution in [1.29, 1.82) is 0 Å². The van der Waals surface area contributed by atoms with Gasteiger partial charge in [-0.25, -0.2) is 0 Å². The molecule has 0 saturated heterocycles. The Morgan fingerprint density at radius 3 is 2.24 bits per heavy atom. The molecular weight excluding hydrogens is 282 g/mol. The number of carbonyl (C=O) groups excluding carboxylic acids is 1. The number of hydrogen-bond donors (Lipinski definition) is 0. The monoisotopic (exact) mass is 301 g/mol. The first-order valence-corrected chi connectivity index (χ1v) is 7.76. The van der Waals surface area contributed by atoms with Gasteiger partial charge in [0, 0.05) is 24.5 Å². The summed E-state index contributed by atoms with van der Waals surface area (Å²) >= 11 is 5.77. The first kappa shape index (κ1) is 15.6. The van der Waals surface area contributed by atoms with Crippen LogP contribution in [0, 0.1) is 0 Å². The summed E-state index contributed by atoms with van der Waals surface area (Å²) in [6.45, 7) is 3.45. The van der Waals surface area contributed by atoms with Gasteiger partial charge in [-0.2, -0.15) is 0 Å². The Kier molecular flexibility index (Phi) is 5.82. The first-order chi connectivity index (χ1) is 10.2. The van der Waals surface area contributed by atoms with Crippen molar-refractivity contribution in [2.45, 2.75) is 19.2 Å². The zero-order valence-corrected chi connectivity index (χ0v) is 13.0. The number of alkyl halides is 1. The fraction of sp³-hybridized carbons (Fsp3) is 0.278. The standard InChI is InChI=1S/C18H20ClNO/c1-2-20(13-12-15-6-4-3-5-7-15)18(21)17-10-8-16(14-19)9-11-17/h3-11H,2,12-14H2,1H3. The van der Waals surface area contributed by atoms with E-state index in [1.807, 2.05) is 54.3 Å². The smallest absolute Gasteiger partial charge is 0.253 e. The molecule has 0 heterocycles. The highest BCUT2D eigenvalue weighted by Gasteiger charge is 2.13. The summed E-state index contributed by atoms with van der Waals surface area (Å²) in [7, 11) is 0. The van der Waals surface area contributed by atoms with Gasteiger partial charge in [0.2, 0.25) is 0 Å². The Labute approximate surface area is 131 Å². The van der Waals surface area contributed by atoms with E-state index in [-0.39, 0.29) is 5.91 Å². The molecule has 0 aromatic heterocycles. The number of benzene rings is 2. The van der Waals surface area contributed by atoms with Gasteiger partial charge in [-0.05, 0) is 36.6 Å². The molecule has 0 unspecified atom stereocenters. The lowest BCUT2D eigenvalue weighted by atomic mass is 10.1. The second kappa shape index (κ2) is 7.84. The number of halogens is 1. The third-order valence-electron chi connectivity index (χ3n) is 3.54. The molecule has 1 amide bonds. The Balaban J connectivity index is 2.00. The van der Waals surface area contributed by atoms with Crippen LogP contribution in [0.4, 0.5) is 0 Å². The Bertz CT molecular complexity index is 566. The molecule has 21 heavy (non-hydrogen) atoms. The van der Waals surface area contributed by atoms with Crippen molar-refractivity contribution < 1.29 is 4.79 Å². The molecule has 3 heteroatoms. The normalized spacial score (nSPS) is 10.4. The summed E-state index contributed by atoms with van der Waals surface area (Å²) in [5, 5.41) is 0. The minimum atomic E-state index is 0.0783. The lowest BCUT2D eigenvalue weighted by molar-refractivity contribution is 0.0766. The van der Waals surface area contributed by atoms with Gasteiger partial charge in [0.15, 0.2) is 0 Å². The Morgan fingerprint density at radius 1 is 1.00 bits per heavy atom. The van der Waals surface area contributed by atoms with Gasteiger partial charge in [0.05, 0.1) is 0 Å². The molecule has 2 rings (SSSR count). The summed E-state index contributed by atoms with van der Waals surface area (Å²) in [5.74, 6) is 0.550. The average Bonchev–Trinajstić information content (AvgIpc) is 2.56. The number of likely N-dealkylation sites (N-methyl/N-ethyl adjacent to an activating group) is 1. The van der Waals surface area contributed by atoms with Crippen molar-refractivity contribution in [3.8, 4) is 0 Å². The predicted octanol–water partition coefficient (Wildman–Crippen LogP) is 4.13. The fourth-order valence-electron chi connectivity index (χ4n) is 2.23. The molecule has 0 saturated carbocycles. The highest BCUT2D eigenvalue weighted by atomic mass is 35.5. The SMILES string of the molecule is CCN(CCc1ccccc1)C(=O)c1ccc(CCl)cc1. The van der Waals surface area contributed by atoms with E-state index in [0.717, 1.165) is 24.1 Å². The summed E-state index contributed by atoms with van der Waals surface area (Å²) in [6.07, 6.45) is 0.875. The fourth-order valence-corrected chi connectivity index (χ4v) is 2.41. The molecule has 0 aliphatic rings. The molecule has 0 aliphatic heterocycles. The maximum absolute atomic E-state index is 12.5. The molecular formula is C18H20ClNO. The van der Waals surface area contributed by atoms with Crippen LogP contribution >= 0.6 is 11.6 Å². The summed E-state index contributed by atoms with van der Waals surface area (Å²) in [5.41, 5.74) is 3.00.